The van der Waals surface area contributed by atoms with Gasteiger partial charge in [0.05, 0.1) is 12.7 Å². The van der Waals surface area contributed by atoms with E-state index in [0.29, 0.717) is 6.61 Å². The fraction of sp³-hybridized carbons (Fsp3) is 1.00. The summed E-state index contributed by atoms with van der Waals surface area (Å²) in [6.07, 6.45) is 10.4. The lowest BCUT2D eigenvalue weighted by molar-refractivity contribution is 0.0428. The summed E-state index contributed by atoms with van der Waals surface area (Å²) in [4.78, 5) is 0. The molecule has 0 heterocycles. The third-order valence-corrected chi connectivity index (χ3v) is 3.35. The lowest BCUT2D eigenvalue weighted by Crippen LogP contribution is -2.19. The van der Waals surface area contributed by atoms with Crippen LogP contribution in [0.25, 0.3) is 0 Å². The van der Waals surface area contributed by atoms with Crippen molar-refractivity contribution in [3.05, 3.63) is 0 Å². The summed E-state index contributed by atoms with van der Waals surface area (Å²) < 4.78 is 5.54. The number of aliphatic hydroxyl groups excluding tert-OH is 1. The lowest BCUT2D eigenvalue weighted by atomic mass is 10.1. The zero-order chi connectivity index (χ0) is 12.9. The van der Waals surface area contributed by atoms with Crippen LogP contribution in [0.5, 0.6) is 0 Å². The highest BCUT2D eigenvalue weighted by Crippen LogP contribution is 2.09. The Labute approximate surface area is 108 Å². The van der Waals surface area contributed by atoms with Gasteiger partial charge in [-0.25, -0.2) is 0 Å². The first-order valence-corrected chi connectivity index (χ1v) is 7.44. The molecular formula is C15H32O2. The first-order chi connectivity index (χ1) is 8.18. The third kappa shape index (κ3) is 12.2. The topological polar surface area (TPSA) is 29.5 Å². The minimum absolute atomic E-state index is 0.254. The molecule has 0 bridgehead atoms. The number of unbranched alkanes of at least 4 members (excludes halogenated alkanes) is 7. The standard InChI is InChI=1S/C15H32O2/c1-4-5-6-7-8-9-10-11-12-17-13-14(2)15(3)16/h14-16H,4-13H2,1-3H3/t14-,15-/m0/s1. The molecule has 0 amide bonds. The number of ether oxygens (including phenoxy) is 1. The van der Waals surface area contributed by atoms with Gasteiger partial charge in [0.25, 0.3) is 0 Å². The van der Waals surface area contributed by atoms with Crippen molar-refractivity contribution in [1.29, 1.82) is 0 Å². The molecule has 0 radical (unpaired) electrons. The van der Waals surface area contributed by atoms with Crippen LogP contribution in [0.15, 0.2) is 0 Å². The Morgan fingerprint density at radius 3 is 1.94 bits per heavy atom. The summed E-state index contributed by atoms with van der Waals surface area (Å²) in [5, 5.41) is 9.28. The zero-order valence-corrected chi connectivity index (χ0v) is 12.1. The summed E-state index contributed by atoms with van der Waals surface area (Å²) in [5.74, 6) is 0.254. The van der Waals surface area contributed by atoms with Crippen LogP contribution >= 0.6 is 0 Å². The molecule has 0 aliphatic rings. The van der Waals surface area contributed by atoms with Gasteiger partial charge in [-0.1, -0.05) is 58.8 Å². The number of hydrogen-bond donors (Lipinski definition) is 1. The number of aliphatic hydroxyl groups is 1. The minimum atomic E-state index is -0.256. The van der Waals surface area contributed by atoms with Gasteiger partial charge in [0.1, 0.15) is 0 Å². The summed E-state index contributed by atoms with van der Waals surface area (Å²) in [7, 11) is 0. The van der Waals surface area contributed by atoms with Gasteiger partial charge in [-0.3, -0.25) is 0 Å². The number of rotatable bonds is 12. The Morgan fingerprint density at radius 1 is 0.882 bits per heavy atom. The number of hydrogen-bond acceptors (Lipinski definition) is 2. The van der Waals surface area contributed by atoms with Gasteiger partial charge < -0.3 is 9.84 Å². The van der Waals surface area contributed by atoms with Crippen LogP contribution in [0.4, 0.5) is 0 Å². The molecule has 0 saturated carbocycles. The molecule has 17 heavy (non-hydrogen) atoms. The monoisotopic (exact) mass is 244 g/mol. The summed E-state index contributed by atoms with van der Waals surface area (Å²) >= 11 is 0. The zero-order valence-electron chi connectivity index (χ0n) is 12.1. The molecule has 0 rings (SSSR count). The van der Waals surface area contributed by atoms with E-state index in [0.717, 1.165) is 6.61 Å². The molecule has 2 nitrogen and oxygen atoms in total. The van der Waals surface area contributed by atoms with Gasteiger partial charge in [-0.15, -0.1) is 0 Å². The van der Waals surface area contributed by atoms with Crippen LogP contribution in [0.1, 0.15) is 72.1 Å². The molecule has 0 aromatic rings. The predicted molar refractivity (Wildman–Crippen MR) is 74.3 cm³/mol. The Hall–Kier alpha value is -0.0800. The van der Waals surface area contributed by atoms with E-state index >= 15 is 0 Å². The van der Waals surface area contributed by atoms with Crippen LogP contribution < -0.4 is 0 Å². The van der Waals surface area contributed by atoms with E-state index in [1.54, 1.807) is 0 Å². The quantitative estimate of drug-likeness (QED) is 0.522. The molecule has 0 unspecified atom stereocenters. The average molecular weight is 244 g/mol. The molecule has 2 heteroatoms. The second-order valence-corrected chi connectivity index (χ2v) is 5.27. The Morgan fingerprint density at radius 2 is 1.41 bits per heavy atom. The molecule has 0 saturated heterocycles. The van der Waals surface area contributed by atoms with E-state index in [-0.39, 0.29) is 12.0 Å². The molecular weight excluding hydrogens is 212 g/mol. The summed E-state index contributed by atoms with van der Waals surface area (Å²) in [6.45, 7) is 7.65. The van der Waals surface area contributed by atoms with Gasteiger partial charge in [0, 0.05) is 12.5 Å². The van der Waals surface area contributed by atoms with Crippen LogP contribution in [0, 0.1) is 5.92 Å². The second kappa shape index (κ2) is 12.4. The van der Waals surface area contributed by atoms with Gasteiger partial charge in [-0.05, 0) is 13.3 Å². The lowest BCUT2D eigenvalue weighted by Gasteiger charge is -2.14. The summed E-state index contributed by atoms with van der Waals surface area (Å²) in [5.41, 5.74) is 0. The Balaban J connectivity index is 3.03. The third-order valence-electron chi connectivity index (χ3n) is 3.35. The highest BCUT2D eigenvalue weighted by atomic mass is 16.5. The van der Waals surface area contributed by atoms with Gasteiger partial charge in [0.2, 0.25) is 0 Å². The molecule has 1 N–H and O–H groups in total. The average Bonchev–Trinajstić information content (AvgIpc) is 2.31. The van der Waals surface area contributed by atoms with E-state index in [9.17, 15) is 5.11 Å². The maximum absolute atomic E-state index is 9.28. The van der Waals surface area contributed by atoms with Crippen molar-refractivity contribution >= 4 is 0 Å². The Kier molecular flexibility index (Phi) is 12.3. The highest BCUT2D eigenvalue weighted by molar-refractivity contribution is 4.57. The first kappa shape index (κ1) is 16.9. The predicted octanol–water partition coefficient (Wildman–Crippen LogP) is 4.16. The SMILES string of the molecule is CCCCCCCCCCOC[C@H](C)[C@H](C)O. The van der Waals surface area contributed by atoms with E-state index < -0.39 is 0 Å². The van der Waals surface area contributed by atoms with Crippen molar-refractivity contribution in [2.45, 2.75) is 78.2 Å². The largest absolute Gasteiger partial charge is 0.393 e. The van der Waals surface area contributed by atoms with E-state index in [1.807, 2.05) is 13.8 Å². The van der Waals surface area contributed by atoms with Gasteiger partial charge in [-0.2, -0.15) is 0 Å². The molecule has 0 fully saturated rings. The molecule has 0 aromatic carbocycles. The fourth-order valence-electron chi connectivity index (χ4n) is 1.75. The van der Waals surface area contributed by atoms with Gasteiger partial charge in [0.15, 0.2) is 0 Å². The van der Waals surface area contributed by atoms with Gasteiger partial charge >= 0.3 is 0 Å². The van der Waals surface area contributed by atoms with E-state index in [4.69, 9.17) is 4.74 Å². The summed E-state index contributed by atoms with van der Waals surface area (Å²) in [6, 6.07) is 0. The second-order valence-electron chi connectivity index (χ2n) is 5.27. The van der Waals surface area contributed by atoms with E-state index in [2.05, 4.69) is 6.92 Å². The van der Waals surface area contributed by atoms with Crippen molar-refractivity contribution in [2.24, 2.45) is 5.92 Å². The van der Waals surface area contributed by atoms with Crippen molar-refractivity contribution < 1.29 is 9.84 Å². The molecule has 0 spiro atoms. The minimum Gasteiger partial charge on any atom is -0.393 e. The molecule has 2 atom stereocenters. The van der Waals surface area contributed by atoms with Crippen molar-refractivity contribution in [1.82, 2.24) is 0 Å². The van der Waals surface area contributed by atoms with Crippen molar-refractivity contribution in [3.8, 4) is 0 Å². The van der Waals surface area contributed by atoms with Crippen molar-refractivity contribution in [3.63, 3.8) is 0 Å². The maximum atomic E-state index is 9.28. The van der Waals surface area contributed by atoms with E-state index in [1.165, 1.54) is 51.4 Å². The first-order valence-electron chi connectivity index (χ1n) is 7.44. The molecule has 0 aromatic heterocycles. The highest BCUT2D eigenvalue weighted by Gasteiger charge is 2.07. The maximum Gasteiger partial charge on any atom is 0.0559 e. The fourth-order valence-corrected chi connectivity index (χ4v) is 1.75. The van der Waals surface area contributed by atoms with Crippen LogP contribution in [-0.2, 0) is 4.74 Å². The smallest absolute Gasteiger partial charge is 0.0559 e. The van der Waals surface area contributed by atoms with Crippen LogP contribution in [0.3, 0.4) is 0 Å². The normalized spacial score (nSPS) is 14.8. The van der Waals surface area contributed by atoms with Crippen molar-refractivity contribution in [2.75, 3.05) is 13.2 Å². The molecule has 104 valence electrons. The molecule has 0 aliphatic carbocycles. The van der Waals surface area contributed by atoms with Crippen LogP contribution in [0.2, 0.25) is 0 Å². The Bertz CT molecular complexity index is 146. The molecule has 0 aliphatic heterocycles. The van der Waals surface area contributed by atoms with Crippen LogP contribution in [-0.4, -0.2) is 24.4 Å².